The van der Waals surface area contributed by atoms with Crippen molar-refractivity contribution in [3.63, 3.8) is 0 Å². The summed E-state index contributed by atoms with van der Waals surface area (Å²) in [5.41, 5.74) is 7.48. The minimum Gasteiger partial charge on any atom is -0.387 e. The molecule has 0 saturated carbocycles. The molecule has 9 nitrogen and oxygen atoms in total. The molecule has 0 aliphatic heterocycles. The van der Waals surface area contributed by atoms with Gasteiger partial charge in [-0.15, -0.1) is 0 Å². The zero-order valence-electron chi connectivity index (χ0n) is 19.2. The molecule has 4 heterocycles. The molecule has 0 radical (unpaired) electrons. The molecule has 168 valence electrons. The Kier molecular flexibility index (Phi) is 4.98. The summed E-state index contributed by atoms with van der Waals surface area (Å²) in [4.78, 5) is 22.5. The van der Waals surface area contributed by atoms with E-state index >= 15 is 0 Å². The lowest BCUT2D eigenvalue weighted by atomic mass is 10.0. The van der Waals surface area contributed by atoms with Gasteiger partial charge in [0.2, 0.25) is 0 Å². The van der Waals surface area contributed by atoms with Crippen LogP contribution in [0.1, 0.15) is 11.4 Å². The highest BCUT2D eigenvalue weighted by Crippen LogP contribution is 2.31. The largest absolute Gasteiger partial charge is 0.387 e. The van der Waals surface area contributed by atoms with E-state index < -0.39 is 0 Å². The van der Waals surface area contributed by atoms with E-state index in [1.165, 1.54) is 0 Å². The van der Waals surface area contributed by atoms with Gasteiger partial charge in [0.25, 0.3) is 0 Å². The van der Waals surface area contributed by atoms with E-state index in [1.807, 2.05) is 45.5 Å². The zero-order valence-corrected chi connectivity index (χ0v) is 19.2. The number of pyridine rings is 2. The van der Waals surface area contributed by atoms with Crippen molar-refractivity contribution < 1.29 is 4.74 Å². The fourth-order valence-electron chi connectivity index (χ4n) is 4.33. The van der Waals surface area contributed by atoms with E-state index in [0.717, 1.165) is 55.8 Å². The number of fused-ring (bicyclic) bond motifs is 3. The van der Waals surface area contributed by atoms with Crippen LogP contribution in [0.2, 0.25) is 0 Å². The second kappa shape index (κ2) is 7.86. The fourth-order valence-corrected chi connectivity index (χ4v) is 4.33. The van der Waals surface area contributed by atoms with Crippen LogP contribution in [0, 0.1) is 6.92 Å². The van der Waals surface area contributed by atoms with Crippen LogP contribution in [0.5, 0.6) is 0 Å². The minimum atomic E-state index is -0.135. The van der Waals surface area contributed by atoms with E-state index in [2.05, 4.69) is 32.5 Å². The summed E-state index contributed by atoms with van der Waals surface area (Å²) in [6.45, 7) is 2.33. The second-order valence-corrected chi connectivity index (χ2v) is 8.08. The van der Waals surface area contributed by atoms with Crippen LogP contribution in [-0.4, -0.2) is 43.0 Å². The molecule has 0 amide bonds. The van der Waals surface area contributed by atoms with Crippen LogP contribution < -0.4 is 11.0 Å². The Hall–Kier alpha value is -3.98. The van der Waals surface area contributed by atoms with Gasteiger partial charge in [-0.3, -0.25) is 23.8 Å². The molecule has 1 aromatic carbocycles. The Morgan fingerprint density at radius 2 is 1.91 bits per heavy atom. The predicted molar refractivity (Wildman–Crippen MR) is 129 cm³/mol. The number of methoxy groups -OCH3 is 1. The molecule has 0 fully saturated rings. The van der Waals surface area contributed by atoms with Gasteiger partial charge >= 0.3 is 5.69 Å². The summed E-state index contributed by atoms with van der Waals surface area (Å²) >= 11 is 0. The molecule has 0 atom stereocenters. The molecule has 0 spiro atoms. The molecular weight excluding hydrogens is 418 g/mol. The van der Waals surface area contributed by atoms with Gasteiger partial charge < -0.3 is 10.1 Å². The number of hydrogen-bond acceptors (Lipinski definition) is 6. The maximum atomic E-state index is 13.3. The number of nitrogens with zero attached hydrogens (tertiary/aromatic N) is 6. The Labute approximate surface area is 190 Å². The molecule has 0 saturated heterocycles. The molecular formula is C24H25N7O2. The molecule has 5 rings (SSSR count). The fraction of sp³-hybridized carbons (Fsp3) is 0.250. The first kappa shape index (κ1) is 20.9. The monoisotopic (exact) mass is 443 g/mol. The Morgan fingerprint density at radius 1 is 1.09 bits per heavy atom. The lowest BCUT2D eigenvalue weighted by Gasteiger charge is -2.11. The van der Waals surface area contributed by atoms with E-state index in [4.69, 9.17) is 4.74 Å². The van der Waals surface area contributed by atoms with Crippen molar-refractivity contribution >= 4 is 27.6 Å². The van der Waals surface area contributed by atoms with Crippen molar-refractivity contribution in [3.05, 3.63) is 64.7 Å². The maximum Gasteiger partial charge on any atom is 0.333 e. The van der Waals surface area contributed by atoms with Gasteiger partial charge in [-0.25, -0.2) is 4.79 Å². The minimum absolute atomic E-state index is 0.135. The number of ether oxygens (including phenoxy) is 1. The molecule has 0 unspecified atom stereocenters. The summed E-state index contributed by atoms with van der Waals surface area (Å²) in [7, 11) is 7.14. The smallest absolute Gasteiger partial charge is 0.333 e. The number of benzene rings is 1. The molecule has 1 N–H and O–H groups in total. The lowest BCUT2D eigenvalue weighted by molar-refractivity contribution is 0.182. The van der Waals surface area contributed by atoms with Gasteiger partial charge in [-0.1, -0.05) is 6.07 Å². The quantitative estimate of drug-likeness (QED) is 0.449. The summed E-state index contributed by atoms with van der Waals surface area (Å²) in [5.74, 6) is 0. The van der Waals surface area contributed by atoms with E-state index in [0.29, 0.717) is 6.61 Å². The van der Waals surface area contributed by atoms with Crippen molar-refractivity contribution in [2.24, 2.45) is 14.1 Å². The third-order valence-electron chi connectivity index (χ3n) is 5.97. The normalized spacial score (nSPS) is 11.5. The molecule has 0 aliphatic rings. The Bertz CT molecular complexity index is 1580. The average Bonchev–Trinajstić information content (AvgIpc) is 3.28. The van der Waals surface area contributed by atoms with Gasteiger partial charge in [-0.2, -0.15) is 5.10 Å². The van der Waals surface area contributed by atoms with Gasteiger partial charge in [0, 0.05) is 51.6 Å². The number of anilines is 1. The third kappa shape index (κ3) is 3.28. The first-order chi connectivity index (χ1) is 15.9. The van der Waals surface area contributed by atoms with E-state index in [-0.39, 0.29) is 5.69 Å². The highest BCUT2D eigenvalue weighted by atomic mass is 16.5. The number of aryl methyl sites for hydroxylation is 3. The van der Waals surface area contributed by atoms with E-state index in [1.54, 1.807) is 34.2 Å². The average molecular weight is 444 g/mol. The Balaban J connectivity index is 1.79. The van der Waals surface area contributed by atoms with Crippen LogP contribution >= 0.6 is 0 Å². The summed E-state index contributed by atoms with van der Waals surface area (Å²) in [6, 6.07) is 8.12. The first-order valence-electron chi connectivity index (χ1n) is 10.6. The first-order valence-corrected chi connectivity index (χ1v) is 10.6. The Morgan fingerprint density at radius 3 is 2.61 bits per heavy atom. The highest BCUT2D eigenvalue weighted by molar-refractivity contribution is 6.04. The SMILES string of the molecule is CNc1cc(-c2ccc3ncc4c(c3c2)n(-c2cn(C)nc2C)c(=O)n4C)cnc1COC. The van der Waals surface area contributed by atoms with Crippen molar-refractivity contribution in [2.75, 3.05) is 19.5 Å². The molecule has 0 bridgehead atoms. The molecule has 9 heteroatoms. The lowest BCUT2D eigenvalue weighted by Crippen LogP contribution is -2.21. The van der Waals surface area contributed by atoms with Crippen molar-refractivity contribution in [1.29, 1.82) is 0 Å². The van der Waals surface area contributed by atoms with Gasteiger partial charge in [0.05, 0.1) is 52.1 Å². The number of aromatic nitrogens is 6. The van der Waals surface area contributed by atoms with Gasteiger partial charge in [-0.05, 0) is 30.7 Å². The number of rotatable bonds is 5. The van der Waals surface area contributed by atoms with Crippen molar-refractivity contribution in [2.45, 2.75) is 13.5 Å². The second-order valence-electron chi connectivity index (χ2n) is 8.08. The highest BCUT2D eigenvalue weighted by Gasteiger charge is 2.19. The van der Waals surface area contributed by atoms with E-state index in [9.17, 15) is 4.79 Å². The van der Waals surface area contributed by atoms with Crippen LogP contribution in [0.15, 0.2) is 47.7 Å². The standard InChI is InChI=1S/C24H25N7O2/c1-14-22(12-29(3)28-14)31-23-17-8-15(16-9-19(25-2)20(13-33-5)26-10-16)6-7-18(17)27-11-21(23)30(4)24(31)32/h6-12,25H,13H2,1-5H3. The summed E-state index contributed by atoms with van der Waals surface area (Å²) in [5, 5.41) is 8.52. The number of hydrogen-bond donors (Lipinski definition) is 1. The van der Waals surface area contributed by atoms with Crippen LogP contribution in [0.3, 0.4) is 0 Å². The zero-order chi connectivity index (χ0) is 23.3. The molecule has 5 aromatic rings. The molecule has 33 heavy (non-hydrogen) atoms. The van der Waals surface area contributed by atoms with Crippen LogP contribution in [-0.2, 0) is 25.4 Å². The molecule has 0 aliphatic carbocycles. The summed E-state index contributed by atoms with van der Waals surface area (Å²) < 4.78 is 10.3. The van der Waals surface area contributed by atoms with Gasteiger partial charge in [0.15, 0.2) is 0 Å². The van der Waals surface area contributed by atoms with Crippen molar-refractivity contribution in [3.8, 4) is 16.8 Å². The third-order valence-corrected chi connectivity index (χ3v) is 5.97. The number of imidazole rings is 1. The van der Waals surface area contributed by atoms with Crippen LogP contribution in [0.25, 0.3) is 38.8 Å². The van der Waals surface area contributed by atoms with Crippen molar-refractivity contribution in [1.82, 2.24) is 28.9 Å². The van der Waals surface area contributed by atoms with Crippen LogP contribution in [0.4, 0.5) is 5.69 Å². The van der Waals surface area contributed by atoms with Gasteiger partial charge in [0.1, 0.15) is 0 Å². The number of nitrogens with one attached hydrogen (secondary N) is 1. The topological polar surface area (TPSA) is 91.8 Å². The summed E-state index contributed by atoms with van der Waals surface area (Å²) in [6.07, 6.45) is 5.46. The predicted octanol–water partition coefficient (Wildman–Crippen LogP) is 3.17. The molecule has 4 aromatic heterocycles. The maximum absolute atomic E-state index is 13.3.